The summed E-state index contributed by atoms with van der Waals surface area (Å²) in [6.07, 6.45) is 2.56. The van der Waals surface area contributed by atoms with Crippen LogP contribution in [0.15, 0.2) is 12.2 Å². The highest BCUT2D eigenvalue weighted by molar-refractivity contribution is 5.93. The number of esters is 2. The smallest absolute Gasteiger partial charge is 0.334 e. The molecule has 0 aliphatic rings. The quantitative estimate of drug-likeness (QED) is 0.513. The topological polar surface area (TPSA) is 107 Å². The number of rotatable bonds is 10. The second kappa shape index (κ2) is 9.64. The van der Waals surface area contributed by atoms with E-state index in [1.54, 1.807) is 0 Å². The van der Waals surface area contributed by atoms with Crippen molar-refractivity contribution in [2.45, 2.75) is 52.1 Å². The third kappa shape index (κ3) is 6.47. The number of tetrazole rings is 1. The Morgan fingerprint density at radius 2 is 2.14 bits per heavy atom. The van der Waals surface area contributed by atoms with E-state index >= 15 is 0 Å². The van der Waals surface area contributed by atoms with E-state index in [9.17, 15) is 9.59 Å². The van der Waals surface area contributed by atoms with Crippen LogP contribution in [-0.2, 0) is 25.5 Å². The minimum absolute atomic E-state index is 0.0736. The van der Waals surface area contributed by atoms with E-state index in [1.165, 1.54) is 0 Å². The van der Waals surface area contributed by atoms with Crippen molar-refractivity contribution in [3.63, 3.8) is 0 Å². The molecule has 0 spiro atoms. The molecule has 8 nitrogen and oxygen atoms in total. The average Bonchev–Trinajstić information content (AvgIpc) is 2.99. The maximum atomic E-state index is 11.7. The summed E-state index contributed by atoms with van der Waals surface area (Å²) in [5, 5.41) is 13.2. The van der Waals surface area contributed by atoms with Crippen LogP contribution in [0.25, 0.3) is 0 Å². The summed E-state index contributed by atoms with van der Waals surface area (Å²) in [7, 11) is 0. The molecule has 8 heteroatoms. The van der Waals surface area contributed by atoms with Crippen molar-refractivity contribution >= 4 is 11.9 Å². The van der Waals surface area contributed by atoms with Crippen LogP contribution in [0.4, 0.5) is 0 Å². The second-order valence-corrected chi connectivity index (χ2v) is 4.80. The number of H-pyrrole nitrogens is 1. The SMILES string of the molecule is C=C(CC(=O)OC(CC)CCC)C(=O)OCCc1nn[nH]n1. The standard InChI is InChI=1S/C14H22N4O4/c1-4-6-11(5-2)22-13(19)9-10(3)14(20)21-8-7-12-15-17-18-16-12/h11H,3-9H2,1-2H3,(H,15,16,17,18). The molecule has 1 aromatic rings. The zero-order valence-corrected chi connectivity index (χ0v) is 13.0. The maximum absolute atomic E-state index is 11.7. The Labute approximate surface area is 129 Å². The van der Waals surface area contributed by atoms with Gasteiger partial charge in [0.05, 0.1) is 13.0 Å². The number of aromatic amines is 1. The first kappa shape index (κ1) is 17.8. The Balaban J connectivity index is 2.27. The lowest BCUT2D eigenvalue weighted by molar-refractivity contribution is -0.150. The predicted octanol–water partition coefficient (Wildman–Crippen LogP) is 1.35. The number of carbonyl (C=O) groups is 2. The van der Waals surface area contributed by atoms with Crippen molar-refractivity contribution in [1.82, 2.24) is 20.6 Å². The summed E-state index contributed by atoms with van der Waals surface area (Å²) in [5.74, 6) is -0.632. The van der Waals surface area contributed by atoms with E-state index in [2.05, 4.69) is 27.2 Å². The molecule has 1 N–H and O–H groups in total. The van der Waals surface area contributed by atoms with Crippen LogP contribution < -0.4 is 0 Å². The number of nitrogens with zero attached hydrogens (tertiary/aromatic N) is 3. The molecule has 22 heavy (non-hydrogen) atoms. The molecular formula is C14H22N4O4. The summed E-state index contributed by atoms with van der Waals surface area (Å²) in [5.41, 5.74) is 0.0736. The summed E-state index contributed by atoms with van der Waals surface area (Å²) >= 11 is 0. The molecule has 1 unspecified atom stereocenters. The molecule has 0 bridgehead atoms. The van der Waals surface area contributed by atoms with Gasteiger partial charge in [0.1, 0.15) is 6.10 Å². The fraction of sp³-hybridized carbons (Fsp3) is 0.643. The highest BCUT2D eigenvalue weighted by Crippen LogP contribution is 2.10. The van der Waals surface area contributed by atoms with Gasteiger partial charge in [0.2, 0.25) is 0 Å². The zero-order valence-electron chi connectivity index (χ0n) is 13.0. The zero-order chi connectivity index (χ0) is 16.4. The van der Waals surface area contributed by atoms with Gasteiger partial charge in [-0.2, -0.15) is 5.21 Å². The van der Waals surface area contributed by atoms with Crippen LogP contribution in [0, 0.1) is 0 Å². The summed E-state index contributed by atoms with van der Waals surface area (Å²) in [6.45, 7) is 7.64. The molecule has 0 aliphatic carbocycles. The van der Waals surface area contributed by atoms with Gasteiger partial charge < -0.3 is 9.47 Å². The Kier molecular flexibility index (Phi) is 7.80. The van der Waals surface area contributed by atoms with Crippen molar-refractivity contribution in [2.75, 3.05) is 6.61 Å². The normalized spacial score (nSPS) is 11.7. The van der Waals surface area contributed by atoms with E-state index in [1.807, 2.05) is 13.8 Å². The minimum Gasteiger partial charge on any atom is -0.462 e. The van der Waals surface area contributed by atoms with E-state index < -0.39 is 11.9 Å². The lowest BCUT2D eigenvalue weighted by Crippen LogP contribution is -2.19. The molecule has 1 aromatic heterocycles. The van der Waals surface area contributed by atoms with Crippen LogP contribution in [0.1, 0.15) is 45.4 Å². The molecule has 0 fully saturated rings. The van der Waals surface area contributed by atoms with Crippen molar-refractivity contribution in [3.8, 4) is 0 Å². The Bertz CT molecular complexity index is 487. The number of carbonyl (C=O) groups excluding carboxylic acids is 2. The Morgan fingerprint density at radius 1 is 1.36 bits per heavy atom. The third-order valence-electron chi connectivity index (χ3n) is 2.96. The number of hydrogen-bond donors (Lipinski definition) is 1. The number of nitrogens with one attached hydrogen (secondary N) is 1. The van der Waals surface area contributed by atoms with E-state index in [0.717, 1.165) is 19.3 Å². The molecule has 1 rings (SSSR count). The predicted molar refractivity (Wildman–Crippen MR) is 77.7 cm³/mol. The Morgan fingerprint density at radius 3 is 2.73 bits per heavy atom. The number of hydrogen-bond acceptors (Lipinski definition) is 7. The van der Waals surface area contributed by atoms with E-state index in [-0.39, 0.29) is 24.7 Å². The van der Waals surface area contributed by atoms with Crippen LogP contribution in [0.3, 0.4) is 0 Å². The highest BCUT2D eigenvalue weighted by atomic mass is 16.5. The fourth-order valence-corrected chi connectivity index (χ4v) is 1.77. The van der Waals surface area contributed by atoms with Gasteiger partial charge in [0.25, 0.3) is 0 Å². The molecule has 0 saturated carbocycles. The van der Waals surface area contributed by atoms with Crippen molar-refractivity contribution in [3.05, 3.63) is 18.0 Å². The lowest BCUT2D eigenvalue weighted by Gasteiger charge is -2.15. The molecular weight excluding hydrogens is 288 g/mol. The summed E-state index contributed by atoms with van der Waals surface area (Å²) in [6, 6.07) is 0. The third-order valence-corrected chi connectivity index (χ3v) is 2.96. The van der Waals surface area contributed by atoms with Gasteiger partial charge in [0.15, 0.2) is 5.82 Å². The second-order valence-electron chi connectivity index (χ2n) is 4.80. The van der Waals surface area contributed by atoms with Crippen LogP contribution in [0.5, 0.6) is 0 Å². The monoisotopic (exact) mass is 310 g/mol. The van der Waals surface area contributed by atoms with Gasteiger partial charge in [0, 0.05) is 12.0 Å². The van der Waals surface area contributed by atoms with Crippen LogP contribution >= 0.6 is 0 Å². The Hall–Kier alpha value is -2.25. The van der Waals surface area contributed by atoms with Gasteiger partial charge in [-0.1, -0.05) is 32.1 Å². The minimum atomic E-state index is -0.621. The molecule has 122 valence electrons. The molecule has 0 radical (unpaired) electrons. The summed E-state index contributed by atoms with van der Waals surface area (Å²) in [4.78, 5) is 23.4. The molecule has 1 atom stereocenters. The number of ether oxygens (including phenoxy) is 2. The highest BCUT2D eigenvalue weighted by Gasteiger charge is 2.17. The molecule has 1 heterocycles. The molecule has 0 saturated heterocycles. The van der Waals surface area contributed by atoms with Gasteiger partial charge in [-0.3, -0.25) is 4.79 Å². The first-order valence-corrected chi connectivity index (χ1v) is 7.33. The first-order chi connectivity index (χ1) is 10.6. The van der Waals surface area contributed by atoms with Crippen molar-refractivity contribution in [1.29, 1.82) is 0 Å². The largest absolute Gasteiger partial charge is 0.462 e. The first-order valence-electron chi connectivity index (χ1n) is 7.33. The van der Waals surface area contributed by atoms with Crippen LogP contribution in [-0.4, -0.2) is 45.3 Å². The summed E-state index contributed by atoms with van der Waals surface area (Å²) < 4.78 is 10.3. The lowest BCUT2D eigenvalue weighted by atomic mass is 10.1. The van der Waals surface area contributed by atoms with Gasteiger partial charge in [-0.15, -0.1) is 10.2 Å². The maximum Gasteiger partial charge on any atom is 0.334 e. The molecule has 0 aromatic carbocycles. The van der Waals surface area contributed by atoms with Gasteiger partial charge in [-0.25, -0.2) is 4.79 Å². The van der Waals surface area contributed by atoms with Gasteiger partial charge in [-0.05, 0) is 12.8 Å². The van der Waals surface area contributed by atoms with E-state index in [4.69, 9.17) is 9.47 Å². The fourth-order valence-electron chi connectivity index (χ4n) is 1.77. The van der Waals surface area contributed by atoms with Crippen molar-refractivity contribution in [2.24, 2.45) is 0 Å². The van der Waals surface area contributed by atoms with Gasteiger partial charge >= 0.3 is 11.9 Å². The average molecular weight is 310 g/mol. The van der Waals surface area contributed by atoms with Crippen LogP contribution in [0.2, 0.25) is 0 Å². The molecule has 0 aliphatic heterocycles. The van der Waals surface area contributed by atoms with Crippen molar-refractivity contribution < 1.29 is 19.1 Å². The molecule has 0 amide bonds. The van der Waals surface area contributed by atoms with E-state index in [0.29, 0.717) is 12.2 Å². The number of aromatic nitrogens is 4.